The fraction of sp³-hybridized carbons (Fsp3) is 1.00. The lowest BCUT2D eigenvalue weighted by molar-refractivity contribution is -0.370. The molecule has 2 bridgehead atoms. The molecule has 45 heavy (non-hydrogen) atoms. The van der Waals surface area contributed by atoms with Crippen LogP contribution in [0.3, 0.4) is 0 Å². The Kier molecular flexibility index (Phi) is 16.0. The third kappa shape index (κ3) is 12.2. The summed E-state index contributed by atoms with van der Waals surface area (Å²) in [6.07, 6.45) is -16.8. The lowest BCUT2D eigenvalue weighted by Crippen LogP contribution is -2.63. The molecule has 1 N–H and O–H groups in total. The van der Waals surface area contributed by atoms with E-state index in [-0.39, 0.29) is 65.4 Å². The topological polar surface area (TPSA) is 70.1 Å². The first-order valence-electron chi connectivity index (χ1n) is 15.1. The molecule has 3 aliphatic heterocycles. The maximum absolute atomic E-state index is 14.2. The summed E-state index contributed by atoms with van der Waals surface area (Å²) in [5.41, 5.74) is -7.43. The van der Waals surface area contributed by atoms with Crippen molar-refractivity contribution in [3.8, 4) is 0 Å². The minimum atomic E-state index is -5.99. The number of rotatable bonds is 7. The van der Waals surface area contributed by atoms with Crippen molar-refractivity contribution in [1.82, 2.24) is 19.6 Å². The molecule has 0 saturated carbocycles. The molecule has 0 aromatic rings. The van der Waals surface area contributed by atoms with Gasteiger partial charge in [-0.25, -0.2) is 0 Å². The van der Waals surface area contributed by atoms with Gasteiger partial charge in [0.2, 0.25) is 0 Å². The first-order chi connectivity index (χ1) is 21.0. The van der Waals surface area contributed by atoms with Gasteiger partial charge in [-0.1, -0.05) is 13.3 Å². The van der Waals surface area contributed by atoms with Crippen LogP contribution in [0.25, 0.3) is 0 Å². The number of hydrogen-bond donors (Lipinski definition) is 1. The molecule has 0 aromatic carbocycles. The number of ether oxygens (including phenoxy) is 4. The molecule has 3 rings (SSSR count). The molecule has 3 heterocycles. The van der Waals surface area contributed by atoms with Crippen molar-refractivity contribution in [3.63, 3.8) is 0 Å². The van der Waals surface area contributed by atoms with Crippen molar-refractivity contribution in [3.05, 3.63) is 0 Å². The van der Waals surface area contributed by atoms with Gasteiger partial charge >= 0.3 is 18.5 Å². The zero-order valence-corrected chi connectivity index (χ0v) is 25.9. The maximum atomic E-state index is 14.2. The van der Waals surface area contributed by atoms with E-state index in [0.29, 0.717) is 45.9 Å². The maximum Gasteiger partial charge on any atom is 0.427 e. The summed E-state index contributed by atoms with van der Waals surface area (Å²) in [6, 6.07) is 0. The molecule has 3 fully saturated rings. The first kappa shape index (κ1) is 40.2. The molecule has 1 atom stereocenters. The fourth-order valence-corrected chi connectivity index (χ4v) is 5.27. The van der Waals surface area contributed by atoms with Crippen LogP contribution in [-0.4, -0.2) is 180 Å². The Morgan fingerprint density at radius 3 is 1.27 bits per heavy atom. The molecule has 0 spiro atoms. The second-order valence-electron chi connectivity index (χ2n) is 11.4. The van der Waals surface area contributed by atoms with Gasteiger partial charge in [0.1, 0.15) is 0 Å². The Labute approximate surface area is 258 Å². The number of fused-ring (bicyclic) bond motifs is 18. The third-order valence-corrected chi connectivity index (χ3v) is 8.21. The normalized spacial score (nSPS) is 25.9. The van der Waals surface area contributed by atoms with Crippen LogP contribution in [0.15, 0.2) is 0 Å². The van der Waals surface area contributed by atoms with Crippen LogP contribution in [0.5, 0.6) is 0 Å². The lowest BCUT2D eigenvalue weighted by atomic mass is 9.96. The molecule has 3 aliphatic rings. The summed E-state index contributed by atoms with van der Waals surface area (Å²) < 4.78 is 146. The number of alkyl halides is 9. The Morgan fingerprint density at radius 2 is 0.933 bits per heavy atom. The highest BCUT2D eigenvalue weighted by molar-refractivity contribution is 4.97. The minimum Gasteiger partial charge on any atom is -0.379 e. The minimum absolute atomic E-state index is 0.00540. The van der Waals surface area contributed by atoms with Crippen molar-refractivity contribution >= 4 is 0 Å². The van der Waals surface area contributed by atoms with Gasteiger partial charge in [0.25, 0.3) is 5.60 Å². The zero-order chi connectivity index (χ0) is 33.8. The quantitative estimate of drug-likeness (QED) is 0.324. The van der Waals surface area contributed by atoms with Gasteiger partial charge in [-0.15, -0.1) is 0 Å². The smallest absolute Gasteiger partial charge is 0.379 e. The summed E-state index contributed by atoms with van der Waals surface area (Å²) in [7, 11) is 1.01. The van der Waals surface area contributed by atoms with E-state index in [2.05, 4.69) is 0 Å². The first-order valence-corrected chi connectivity index (χ1v) is 15.1. The van der Waals surface area contributed by atoms with E-state index >= 15 is 0 Å². The number of hydrogen-bond acceptors (Lipinski definition) is 9. The molecule has 0 aliphatic carbocycles. The van der Waals surface area contributed by atoms with E-state index in [1.807, 2.05) is 4.90 Å². The largest absolute Gasteiger partial charge is 0.427 e. The third-order valence-electron chi connectivity index (χ3n) is 8.21. The van der Waals surface area contributed by atoms with E-state index in [4.69, 9.17) is 18.9 Å². The van der Waals surface area contributed by atoms with Crippen molar-refractivity contribution < 1.29 is 63.6 Å². The predicted octanol–water partition coefficient (Wildman–Crippen LogP) is 2.87. The van der Waals surface area contributed by atoms with Crippen molar-refractivity contribution in [2.45, 2.75) is 49.5 Å². The number of aliphatic hydroxyl groups is 1. The Morgan fingerprint density at radius 1 is 0.556 bits per heavy atom. The van der Waals surface area contributed by atoms with Gasteiger partial charge in [-0.3, -0.25) is 19.6 Å². The van der Waals surface area contributed by atoms with Crippen LogP contribution in [0.2, 0.25) is 0 Å². The summed E-state index contributed by atoms with van der Waals surface area (Å²) >= 11 is 0. The molecule has 1 unspecified atom stereocenters. The second kappa shape index (κ2) is 18.0. The van der Waals surface area contributed by atoms with Crippen molar-refractivity contribution in [2.75, 3.05) is 125 Å². The molecule has 0 amide bonds. The van der Waals surface area contributed by atoms with E-state index in [1.54, 1.807) is 11.8 Å². The molecular weight excluding hydrogens is 631 g/mol. The number of halogens is 9. The van der Waals surface area contributed by atoms with Gasteiger partial charge in [0.15, 0.2) is 5.60 Å². The highest BCUT2D eigenvalue weighted by atomic mass is 19.4. The van der Waals surface area contributed by atoms with Crippen LogP contribution >= 0.6 is 0 Å². The van der Waals surface area contributed by atoms with Crippen molar-refractivity contribution in [2.24, 2.45) is 0 Å². The molecule has 9 nitrogen and oxygen atoms in total. The van der Waals surface area contributed by atoms with Crippen LogP contribution in [0.1, 0.15) is 19.8 Å². The van der Waals surface area contributed by atoms with Gasteiger partial charge in [0.05, 0.1) is 39.6 Å². The lowest BCUT2D eigenvalue weighted by Gasteiger charge is -2.39. The van der Waals surface area contributed by atoms with Gasteiger partial charge in [-0.2, -0.15) is 39.5 Å². The Bertz CT molecular complexity index is 810. The highest BCUT2D eigenvalue weighted by Gasteiger charge is 2.70. The Balaban J connectivity index is 2.32. The van der Waals surface area contributed by atoms with E-state index < -0.39 is 49.4 Å². The summed E-state index contributed by atoms with van der Waals surface area (Å²) in [5, 5.41) is 9.85. The van der Waals surface area contributed by atoms with Gasteiger partial charge in [-0.05, 0) is 6.42 Å². The van der Waals surface area contributed by atoms with Crippen LogP contribution in [0, 0.1) is 0 Å². The molecule has 18 heteroatoms. The van der Waals surface area contributed by atoms with E-state index in [1.165, 1.54) is 4.90 Å². The standard InChI is InChI=1S/C27H47F9N4O5/c1-3-4-23(42-2,25(28,29)30)21-39-7-5-37-9-15-43-17-11-38(12-18-44-16-10-37)6-8-40(14-20-45-19-13-39)22-24(41,26(31,32)33)27(34,35)36/h41H,3-22H2,1-2H3. The van der Waals surface area contributed by atoms with Gasteiger partial charge < -0.3 is 24.1 Å². The number of methoxy groups -OCH3 is 1. The Hall–Kier alpha value is -0.990. The van der Waals surface area contributed by atoms with Crippen LogP contribution < -0.4 is 0 Å². The second-order valence-corrected chi connectivity index (χ2v) is 11.4. The van der Waals surface area contributed by atoms with Crippen molar-refractivity contribution in [1.29, 1.82) is 0 Å². The predicted molar refractivity (Wildman–Crippen MR) is 146 cm³/mol. The summed E-state index contributed by atoms with van der Waals surface area (Å²) in [4.78, 5) is 6.19. The molecule has 3 saturated heterocycles. The molecule has 0 radical (unpaired) electrons. The fourth-order valence-electron chi connectivity index (χ4n) is 5.27. The molecular formula is C27H47F9N4O5. The summed E-state index contributed by atoms with van der Waals surface area (Å²) in [5.74, 6) is 0. The highest BCUT2D eigenvalue weighted by Crippen LogP contribution is 2.43. The molecule has 0 aromatic heterocycles. The van der Waals surface area contributed by atoms with Crippen LogP contribution in [0.4, 0.5) is 39.5 Å². The average molecular weight is 679 g/mol. The monoisotopic (exact) mass is 678 g/mol. The SMILES string of the molecule is CCCC(CN1CCOCCN(CC(O)(C(F)(F)F)C(F)(F)F)CCN2CCOCCN(CCOCC2)CC1)(OC)C(F)(F)F. The summed E-state index contributed by atoms with van der Waals surface area (Å²) in [6.45, 7) is 1.51. The average Bonchev–Trinajstić information content (AvgIpc) is 2.92. The van der Waals surface area contributed by atoms with E-state index in [9.17, 15) is 44.6 Å². The zero-order valence-electron chi connectivity index (χ0n) is 25.9. The van der Waals surface area contributed by atoms with E-state index in [0.717, 1.165) is 12.0 Å². The van der Waals surface area contributed by atoms with Crippen LogP contribution in [-0.2, 0) is 18.9 Å². The van der Waals surface area contributed by atoms with Gasteiger partial charge in [0, 0.05) is 85.6 Å². The number of nitrogens with zero attached hydrogens (tertiary/aromatic N) is 4. The molecule has 268 valence electrons.